The molecule has 1 N–H and O–H groups in total. The molecular weight excluding hydrogens is 280 g/mol. The summed E-state index contributed by atoms with van der Waals surface area (Å²) in [6.45, 7) is 1.93. The molecule has 1 aliphatic rings. The van der Waals surface area contributed by atoms with E-state index in [1.807, 2.05) is 12.3 Å². The van der Waals surface area contributed by atoms with Gasteiger partial charge in [-0.25, -0.2) is 14.8 Å². The Labute approximate surface area is 118 Å². The standard InChI is InChI=1S/C13H12N2O2S2/c1-7-6-18-13(14-7)19-11-9(12(16)17)5-8-3-2-4-10(8)15-11/h5-6H,2-4H2,1H3,(H,16,17). The molecule has 0 bridgehead atoms. The van der Waals surface area contributed by atoms with Gasteiger partial charge in [-0.1, -0.05) is 0 Å². The Balaban J connectivity index is 2.01. The number of carbonyl (C=O) groups is 1. The number of thiazole rings is 1. The molecule has 98 valence electrons. The van der Waals surface area contributed by atoms with Crippen LogP contribution in [0.15, 0.2) is 20.8 Å². The van der Waals surface area contributed by atoms with Crippen LogP contribution in [0, 0.1) is 6.92 Å². The third-order valence-electron chi connectivity index (χ3n) is 3.03. The Hall–Kier alpha value is -1.40. The number of pyridine rings is 1. The van der Waals surface area contributed by atoms with Crippen LogP contribution in [-0.4, -0.2) is 21.0 Å². The molecule has 4 nitrogen and oxygen atoms in total. The van der Waals surface area contributed by atoms with Gasteiger partial charge in [-0.05, 0) is 49.6 Å². The monoisotopic (exact) mass is 292 g/mol. The highest BCUT2D eigenvalue weighted by atomic mass is 32.2. The smallest absolute Gasteiger partial charge is 0.338 e. The van der Waals surface area contributed by atoms with E-state index in [0.717, 1.165) is 40.6 Å². The minimum atomic E-state index is -0.919. The van der Waals surface area contributed by atoms with Crippen molar-refractivity contribution in [1.29, 1.82) is 0 Å². The molecule has 0 atom stereocenters. The summed E-state index contributed by atoms with van der Waals surface area (Å²) in [5.41, 5.74) is 3.36. The second kappa shape index (κ2) is 4.94. The lowest BCUT2D eigenvalue weighted by molar-refractivity contribution is 0.0692. The van der Waals surface area contributed by atoms with Crippen LogP contribution in [0.2, 0.25) is 0 Å². The predicted octanol–water partition coefficient (Wildman–Crippen LogP) is 3.18. The highest BCUT2D eigenvalue weighted by molar-refractivity contribution is 8.01. The van der Waals surface area contributed by atoms with Crippen LogP contribution in [0.25, 0.3) is 0 Å². The first-order chi connectivity index (χ1) is 9.13. The summed E-state index contributed by atoms with van der Waals surface area (Å²) in [6.07, 6.45) is 2.94. The van der Waals surface area contributed by atoms with Gasteiger partial charge in [-0.15, -0.1) is 11.3 Å². The maximum Gasteiger partial charge on any atom is 0.338 e. The van der Waals surface area contributed by atoms with E-state index in [1.165, 1.54) is 23.1 Å². The summed E-state index contributed by atoms with van der Waals surface area (Å²) < 4.78 is 0.838. The molecule has 0 fully saturated rings. The molecule has 19 heavy (non-hydrogen) atoms. The molecule has 0 unspecified atom stereocenters. The Bertz CT molecular complexity index is 652. The van der Waals surface area contributed by atoms with Gasteiger partial charge in [0.05, 0.1) is 5.56 Å². The van der Waals surface area contributed by atoms with Crippen molar-refractivity contribution in [3.8, 4) is 0 Å². The maximum absolute atomic E-state index is 11.3. The van der Waals surface area contributed by atoms with Crippen LogP contribution in [0.1, 0.15) is 33.7 Å². The fourth-order valence-electron chi connectivity index (χ4n) is 2.15. The molecule has 2 heterocycles. The Kier molecular flexibility index (Phi) is 3.28. The number of fused-ring (bicyclic) bond motifs is 1. The van der Waals surface area contributed by atoms with Crippen molar-refractivity contribution < 1.29 is 9.90 Å². The lowest BCUT2D eigenvalue weighted by Crippen LogP contribution is -2.04. The second-order valence-corrected chi connectivity index (χ2v) is 6.56. The molecule has 2 aromatic heterocycles. The van der Waals surface area contributed by atoms with Crippen LogP contribution < -0.4 is 0 Å². The third kappa shape index (κ3) is 2.50. The first-order valence-corrected chi connectivity index (χ1v) is 7.69. The fraction of sp³-hybridized carbons (Fsp3) is 0.308. The van der Waals surface area contributed by atoms with Gasteiger partial charge in [0, 0.05) is 16.8 Å². The molecule has 0 radical (unpaired) electrons. The summed E-state index contributed by atoms with van der Waals surface area (Å²) in [6, 6.07) is 1.78. The summed E-state index contributed by atoms with van der Waals surface area (Å²) >= 11 is 2.86. The largest absolute Gasteiger partial charge is 0.478 e. The molecule has 0 amide bonds. The first-order valence-electron chi connectivity index (χ1n) is 5.99. The van der Waals surface area contributed by atoms with Crippen LogP contribution in [-0.2, 0) is 12.8 Å². The number of rotatable bonds is 3. The maximum atomic E-state index is 11.3. The Morgan fingerprint density at radius 2 is 2.26 bits per heavy atom. The van der Waals surface area contributed by atoms with Gasteiger partial charge in [0.25, 0.3) is 0 Å². The molecule has 6 heteroatoms. The van der Waals surface area contributed by atoms with Gasteiger partial charge in [-0.2, -0.15) is 0 Å². The van der Waals surface area contributed by atoms with Gasteiger partial charge < -0.3 is 5.11 Å². The second-order valence-electron chi connectivity index (χ2n) is 4.46. The van der Waals surface area contributed by atoms with Crippen molar-refractivity contribution in [2.45, 2.75) is 35.6 Å². The van der Waals surface area contributed by atoms with Gasteiger partial charge in [0.1, 0.15) is 5.03 Å². The molecule has 0 spiro atoms. The highest BCUT2D eigenvalue weighted by Gasteiger charge is 2.21. The molecule has 1 aliphatic carbocycles. The van der Waals surface area contributed by atoms with Crippen LogP contribution in [0.3, 0.4) is 0 Å². The van der Waals surface area contributed by atoms with E-state index in [0.29, 0.717) is 10.6 Å². The number of nitrogens with zero attached hydrogens (tertiary/aromatic N) is 2. The average molecular weight is 292 g/mol. The molecule has 0 aromatic carbocycles. The number of carboxylic acids is 1. The Morgan fingerprint density at radius 1 is 1.42 bits per heavy atom. The van der Waals surface area contributed by atoms with Crippen molar-refractivity contribution in [3.05, 3.63) is 34.0 Å². The lowest BCUT2D eigenvalue weighted by atomic mass is 10.1. The first kappa shape index (κ1) is 12.6. The van der Waals surface area contributed by atoms with Gasteiger partial charge in [0.15, 0.2) is 4.34 Å². The number of hydrogen-bond acceptors (Lipinski definition) is 5. The quantitative estimate of drug-likeness (QED) is 0.941. The van der Waals surface area contributed by atoms with E-state index in [2.05, 4.69) is 9.97 Å². The van der Waals surface area contributed by atoms with Crippen molar-refractivity contribution >= 4 is 29.1 Å². The normalized spacial score (nSPS) is 13.5. The van der Waals surface area contributed by atoms with Gasteiger partial charge in [-0.3, -0.25) is 0 Å². The third-order valence-corrected chi connectivity index (χ3v) is 5.09. The zero-order valence-electron chi connectivity index (χ0n) is 10.3. The minimum absolute atomic E-state index is 0.290. The van der Waals surface area contributed by atoms with Crippen LogP contribution in [0.5, 0.6) is 0 Å². The van der Waals surface area contributed by atoms with E-state index in [9.17, 15) is 9.90 Å². The fourth-order valence-corrected chi connectivity index (χ4v) is 4.01. The summed E-state index contributed by atoms with van der Waals surface area (Å²) in [7, 11) is 0. The molecular formula is C13H12N2O2S2. The number of aromatic carboxylic acids is 1. The Morgan fingerprint density at radius 3 is 2.95 bits per heavy atom. The van der Waals surface area contributed by atoms with Crippen molar-refractivity contribution in [3.63, 3.8) is 0 Å². The SMILES string of the molecule is Cc1csc(Sc2nc3c(cc2C(=O)O)CCC3)n1. The zero-order valence-corrected chi connectivity index (χ0v) is 12.0. The van der Waals surface area contributed by atoms with E-state index >= 15 is 0 Å². The summed E-state index contributed by atoms with van der Waals surface area (Å²) in [4.78, 5) is 20.2. The number of aromatic nitrogens is 2. The number of aryl methyl sites for hydroxylation is 3. The van der Waals surface area contributed by atoms with E-state index in [-0.39, 0.29) is 0 Å². The summed E-state index contributed by atoms with van der Waals surface area (Å²) in [5, 5.41) is 11.8. The zero-order chi connectivity index (χ0) is 13.4. The predicted molar refractivity (Wildman–Crippen MR) is 74.2 cm³/mol. The molecule has 0 aliphatic heterocycles. The molecule has 0 saturated carbocycles. The lowest BCUT2D eigenvalue weighted by Gasteiger charge is -2.06. The average Bonchev–Trinajstić information content (AvgIpc) is 2.96. The van der Waals surface area contributed by atoms with Gasteiger partial charge in [0.2, 0.25) is 0 Å². The van der Waals surface area contributed by atoms with Crippen LogP contribution in [0.4, 0.5) is 0 Å². The van der Waals surface area contributed by atoms with E-state index in [4.69, 9.17) is 0 Å². The topological polar surface area (TPSA) is 63.1 Å². The summed E-state index contributed by atoms with van der Waals surface area (Å²) in [5.74, 6) is -0.919. The molecule has 2 aromatic rings. The van der Waals surface area contributed by atoms with Crippen LogP contribution >= 0.6 is 23.1 Å². The van der Waals surface area contributed by atoms with E-state index in [1.54, 1.807) is 6.07 Å². The molecule has 0 saturated heterocycles. The van der Waals surface area contributed by atoms with E-state index < -0.39 is 5.97 Å². The number of hydrogen-bond donors (Lipinski definition) is 1. The van der Waals surface area contributed by atoms with Crippen molar-refractivity contribution in [1.82, 2.24) is 9.97 Å². The van der Waals surface area contributed by atoms with Gasteiger partial charge >= 0.3 is 5.97 Å². The van der Waals surface area contributed by atoms with Crippen molar-refractivity contribution in [2.75, 3.05) is 0 Å². The molecule has 3 rings (SSSR count). The number of carboxylic acid groups (broad SMARTS) is 1. The highest BCUT2D eigenvalue weighted by Crippen LogP contribution is 2.34. The van der Waals surface area contributed by atoms with Crippen molar-refractivity contribution in [2.24, 2.45) is 0 Å². The minimum Gasteiger partial charge on any atom is -0.478 e.